The molecule has 0 radical (unpaired) electrons. The van der Waals surface area contributed by atoms with E-state index >= 15 is 0 Å². The van der Waals surface area contributed by atoms with Crippen molar-refractivity contribution >= 4 is 68.6 Å². The third-order valence-corrected chi connectivity index (χ3v) is 9.33. The second-order valence-electron chi connectivity index (χ2n) is 10.4. The summed E-state index contributed by atoms with van der Waals surface area (Å²) in [5, 5.41) is 9.53. The van der Waals surface area contributed by atoms with Gasteiger partial charge in [-0.1, -0.05) is 47.7 Å². The molecule has 0 N–H and O–H groups in total. The fraction of sp³-hybridized carbons (Fsp3) is 0.235. The molecule has 45 heavy (non-hydrogen) atoms. The van der Waals surface area contributed by atoms with Crippen molar-refractivity contribution in [2.24, 2.45) is 4.99 Å². The summed E-state index contributed by atoms with van der Waals surface area (Å²) in [5.41, 5.74) is 3.17. The number of halogens is 2. The van der Waals surface area contributed by atoms with Gasteiger partial charge in [-0.3, -0.25) is 9.36 Å². The minimum absolute atomic E-state index is 0.125. The van der Waals surface area contributed by atoms with Gasteiger partial charge in [-0.25, -0.2) is 9.79 Å². The highest BCUT2D eigenvalue weighted by Crippen LogP contribution is 2.36. The summed E-state index contributed by atoms with van der Waals surface area (Å²) in [7, 11) is 0. The average molecular weight is 845 g/mol. The molecule has 3 aromatic carbocycles. The molecule has 11 heteroatoms. The van der Waals surface area contributed by atoms with E-state index in [4.69, 9.17) is 19.2 Å². The number of esters is 1. The van der Waals surface area contributed by atoms with Gasteiger partial charge in [0, 0.05) is 20.3 Å². The standard InChI is InChI=1S/C34H29I2N3O5S/c1-5-42-33(41)29-20(4)38-34-39(30(29)25-12-8-9-13-27(25)44-19(2)3)32(40)28(45-34)15-23-14-24(35)16-26(36)31(23)43-18-22-11-7-6-10-21(22)17-37/h6-16,19,30H,5,18H2,1-4H3/b28-15-/t30-/m0/s1. The van der Waals surface area contributed by atoms with Gasteiger partial charge in [0.15, 0.2) is 4.80 Å². The van der Waals surface area contributed by atoms with Crippen LogP contribution in [0.25, 0.3) is 6.08 Å². The van der Waals surface area contributed by atoms with Gasteiger partial charge in [-0.2, -0.15) is 5.26 Å². The second kappa shape index (κ2) is 14.3. The molecule has 0 spiro atoms. The van der Waals surface area contributed by atoms with Crippen LogP contribution in [0.4, 0.5) is 0 Å². The monoisotopic (exact) mass is 845 g/mol. The number of hydrogen-bond acceptors (Lipinski definition) is 8. The molecule has 1 aliphatic heterocycles. The quantitative estimate of drug-likeness (QED) is 0.146. The lowest BCUT2D eigenvalue weighted by Gasteiger charge is -2.26. The Balaban J connectivity index is 1.68. The number of nitrogens with zero attached hydrogens (tertiary/aromatic N) is 3. The third-order valence-electron chi connectivity index (χ3n) is 6.93. The summed E-state index contributed by atoms with van der Waals surface area (Å²) < 4.78 is 21.7. The Morgan fingerprint density at radius 3 is 2.62 bits per heavy atom. The number of aromatic nitrogens is 1. The fourth-order valence-electron chi connectivity index (χ4n) is 5.04. The van der Waals surface area contributed by atoms with E-state index in [1.54, 1.807) is 30.6 Å². The summed E-state index contributed by atoms with van der Waals surface area (Å²) in [5.74, 6) is 0.646. The zero-order chi connectivity index (χ0) is 32.2. The van der Waals surface area contributed by atoms with E-state index in [2.05, 4.69) is 51.3 Å². The molecule has 0 saturated heterocycles. The first-order valence-electron chi connectivity index (χ1n) is 14.2. The van der Waals surface area contributed by atoms with Gasteiger partial charge in [-0.15, -0.1) is 0 Å². The van der Waals surface area contributed by atoms with Crippen LogP contribution in [0.5, 0.6) is 11.5 Å². The summed E-state index contributed by atoms with van der Waals surface area (Å²) in [4.78, 5) is 32.8. The van der Waals surface area contributed by atoms with Crippen LogP contribution in [-0.2, 0) is 16.1 Å². The largest absolute Gasteiger partial charge is 0.491 e. The van der Waals surface area contributed by atoms with Gasteiger partial charge >= 0.3 is 5.97 Å². The van der Waals surface area contributed by atoms with Crippen molar-refractivity contribution in [3.05, 3.63) is 121 Å². The number of rotatable bonds is 9. The van der Waals surface area contributed by atoms with Crippen LogP contribution < -0.4 is 24.4 Å². The summed E-state index contributed by atoms with van der Waals surface area (Å²) in [6.07, 6.45) is 1.68. The molecule has 0 aliphatic carbocycles. The van der Waals surface area contributed by atoms with E-state index in [-0.39, 0.29) is 24.9 Å². The highest BCUT2D eigenvalue weighted by Gasteiger charge is 2.35. The zero-order valence-corrected chi connectivity index (χ0v) is 30.1. The maximum absolute atomic E-state index is 14.3. The van der Waals surface area contributed by atoms with Gasteiger partial charge < -0.3 is 14.2 Å². The molecule has 4 aromatic rings. The molecule has 1 aliphatic rings. The van der Waals surface area contributed by atoms with E-state index < -0.39 is 12.0 Å². The SMILES string of the molecule is CCOC(=O)C1=C(C)N=c2s/c(=C\c3cc(I)cc(I)c3OCc3ccccc3C#N)c(=O)n2[C@H]1c1ccccc1OC(C)C. The molecule has 2 heterocycles. The normalized spacial score (nSPS) is 14.5. The zero-order valence-electron chi connectivity index (χ0n) is 25.0. The lowest BCUT2D eigenvalue weighted by atomic mass is 9.95. The topological polar surface area (TPSA) is 103 Å². The van der Waals surface area contributed by atoms with Gasteiger partial charge in [0.2, 0.25) is 0 Å². The molecule has 0 saturated carbocycles. The van der Waals surface area contributed by atoms with Gasteiger partial charge in [0.05, 0.1) is 43.7 Å². The molecule has 0 amide bonds. The number of carbonyl (C=O) groups is 1. The molecule has 0 unspecified atom stereocenters. The lowest BCUT2D eigenvalue weighted by molar-refractivity contribution is -0.139. The van der Waals surface area contributed by atoms with Crippen molar-refractivity contribution in [1.29, 1.82) is 5.26 Å². The smallest absolute Gasteiger partial charge is 0.338 e. The maximum atomic E-state index is 14.3. The predicted octanol–water partition coefficient (Wildman–Crippen LogP) is 6.25. The number of benzene rings is 3. The number of ether oxygens (including phenoxy) is 3. The van der Waals surface area contributed by atoms with Crippen molar-refractivity contribution in [1.82, 2.24) is 4.57 Å². The Labute approximate surface area is 292 Å². The molecule has 0 fully saturated rings. The first-order chi connectivity index (χ1) is 21.6. The number of hydrogen-bond donors (Lipinski definition) is 0. The molecule has 5 rings (SSSR count). The number of thiazole rings is 1. The van der Waals surface area contributed by atoms with Gasteiger partial charge in [0.1, 0.15) is 24.1 Å². The molecule has 0 bridgehead atoms. The van der Waals surface area contributed by atoms with Crippen LogP contribution in [-0.4, -0.2) is 23.2 Å². The Morgan fingerprint density at radius 2 is 1.89 bits per heavy atom. The minimum Gasteiger partial charge on any atom is -0.491 e. The maximum Gasteiger partial charge on any atom is 0.338 e. The predicted molar refractivity (Wildman–Crippen MR) is 190 cm³/mol. The molecular formula is C34H29I2N3O5S. The fourth-order valence-corrected chi connectivity index (χ4v) is 8.12. The van der Waals surface area contributed by atoms with E-state index in [1.807, 2.05) is 68.4 Å². The van der Waals surface area contributed by atoms with Crippen LogP contribution in [0.15, 0.2) is 81.7 Å². The average Bonchev–Trinajstić information content (AvgIpc) is 3.30. The Hall–Kier alpha value is -3.48. The first kappa shape index (κ1) is 32.9. The first-order valence-corrected chi connectivity index (χ1v) is 17.1. The Bertz CT molecular complexity index is 2040. The van der Waals surface area contributed by atoms with E-state index in [0.717, 1.165) is 12.7 Å². The second-order valence-corrected chi connectivity index (χ2v) is 13.8. The van der Waals surface area contributed by atoms with E-state index in [1.165, 1.54) is 11.3 Å². The van der Waals surface area contributed by atoms with Gasteiger partial charge in [-0.05, 0) is 103 Å². The van der Waals surface area contributed by atoms with Crippen molar-refractivity contribution < 1.29 is 19.0 Å². The summed E-state index contributed by atoms with van der Waals surface area (Å²) in [6.45, 7) is 7.73. The minimum atomic E-state index is -0.799. The van der Waals surface area contributed by atoms with Crippen molar-refractivity contribution in [2.45, 2.75) is 46.4 Å². The molecular weight excluding hydrogens is 816 g/mol. The molecule has 8 nitrogen and oxygen atoms in total. The number of nitriles is 1. The number of carbonyl (C=O) groups excluding carboxylic acids is 1. The van der Waals surface area contributed by atoms with Crippen molar-refractivity contribution in [2.75, 3.05) is 6.61 Å². The van der Waals surface area contributed by atoms with Crippen LogP contribution in [0.1, 0.15) is 56.0 Å². The molecule has 230 valence electrons. The summed E-state index contributed by atoms with van der Waals surface area (Å²) in [6, 6.07) is 20.1. The third kappa shape index (κ3) is 7.02. The molecule has 1 aromatic heterocycles. The summed E-state index contributed by atoms with van der Waals surface area (Å²) >= 11 is 5.70. The van der Waals surface area contributed by atoms with Crippen LogP contribution in [0.2, 0.25) is 0 Å². The lowest BCUT2D eigenvalue weighted by Crippen LogP contribution is -2.40. The van der Waals surface area contributed by atoms with E-state index in [9.17, 15) is 14.9 Å². The number of allylic oxidation sites excluding steroid dienone is 1. The Kier molecular flexibility index (Phi) is 10.5. The van der Waals surface area contributed by atoms with Gasteiger partial charge in [0.25, 0.3) is 5.56 Å². The number of para-hydroxylation sites is 1. The van der Waals surface area contributed by atoms with Crippen LogP contribution in [0.3, 0.4) is 0 Å². The van der Waals surface area contributed by atoms with Crippen molar-refractivity contribution in [3.8, 4) is 17.6 Å². The number of fused-ring (bicyclic) bond motifs is 1. The van der Waals surface area contributed by atoms with Crippen molar-refractivity contribution in [3.63, 3.8) is 0 Å². The highest BCUT2D eigenvalue weighted by molar-refractivity contribution is 14.1. The van der Waals surface area contributed by atoms with Crippen LogP contribution in [0, 0.1) is 18.5 Å². The van der Waals surface area contributed by atoms with Crippen LogP contribution >= 0.6 is 56.5 Å². The highest BCUT2D eigenvalue weighted by atomic mass is 127. The Morgan fingerprint density at radius 1 is 1.16 bits per heavy atom. The van der Waals surface area contributed by atoms with E-state index in [0.29, 0.717) is 48.8 Å². The molecule has 1 atom stereocenters.